The zero-order valence-corrected chi connectivity index (χ0v) is 56.8. The van der Waals surface area contributed by atoms with Gasteiger partial charge < -0.3 is 29.1 Å². The van der Waals surface area contributed by atoms with Crippen molar-refractivity contribution in [1.82, 2.24) is 9.80 Å². The van der Waals surface area contributed by atoms with Crippen LogP contribution in [0, 0.1) is 0 Å². The third kappa shape index (κ3) is 24.7. The van der Waals surface area contributed by atoms with Gasteiger partial charge >= 0.3 is 24.3 Å². The van der Waals surface area contributed by atoms with E-state index >= 15 is 0 Å². The molecule has 0 aliphatic rings. The highest BCUT2D eigenvalue weighted by Gasteiger charge is 2.45. The molecule has 10 nitrogen and oxygen atoms in total. The summed E-state index contributed by atoms with van der Waals surface area (Å²) in [6.45, 7) is 8.40. The van der Waals surface area contributed by atoms with Crippen LogP contribution in [-0.4, -0.2) is 109 Å². The number of nitrogens with zero attached hydrogens (tertiary/aromatic N) is 2. The van der Waals surface area contributed by atoms with E-state index in [2.05, 4.69) is 23.9 Å². The highest BCUT2D eigenvalue weighted by Crippen LogP contribution is 2.32. The number of esters is 1. The van der Waals surface area contributed by atoms with E-state index in [1.54, 1.807) is 99.6 Å². The molecule has 96 heavy (non-hydrogen) atoms. The molecule has 0 bridgehead atoms. The van der Waals surface area contributed by atoms with Crippen molar-refractivity contribution in [1.29, 1.82) is 0 Å². The Morgan fingerprint density at radius 2 is 0.760 bits per heavy atom. The molecular weight excluding hydrogens is 1320 g/mol. The lowest BCUT2D eigenvalue weighted by Gasteiger charge is -2.25. The summed E-state index contributed by atoms with van der Waals surface area (Å²) < 4.78 is 97.2. The largest absolute Gasteiger partial charge is 0.482 e. The third-order valence-corrected chi connectivity index (χ3v) is 16.8. The summed E-state index contributed by atoms with van der Waals surface area (Å²) in [6.07, 6.45) is -10.8. The summed E-state index contributed by atoms with van der Waals surface area (Å²) in [5, 5.41) is 11.9. The number of hydrogen-bond donors (Lipinski definition) is 1. The fraction of sp³-hybridized carbons (Fsp3) is 0.316. The third-order valence-electron chi connectivity index (χ3n) is 15.8. The van der Waals surface area contributed by atoms with Crippen molar-refractivity contribution in [2.45, 2.75) is 114 Å². The number of aryl methyl sites for hydroxylation is 4. The first-order valence-electron chi connectivity index (χ1n) is 31.2. The molecule has 1 N–H and O–H groups in total. The second kappa shape index (κ2) is 35.5. The maximum Gasteiger partial charge on any atom is 0.453 e. The second-order valence-electron chi connectivity index (χ2n) is 24.6. The first-order chi connectivity index (χ1) is 45.5. The van der Waals surface area contributed by atoms with Crippen LogP contribution in [0.25, 0.3) is 0 Å². The lowest BCUT2D eigenvalue weighted by Crippen LogP contribution is -2.38. The molecule has 0 radical (unpaired) electrons. The zero-order valence-electron chi connectivity index (χ0n) is 53.7. The van der Waals surface area contributed by atoms with E-state index in [0.29, 0.717) is 31.2 Å². The maximum absolute atomic E-state index is 13.5. The molecular formula is C76H76Cl4F6N2O8. The van der Waals surface area contributed by atoms with Crippen molar-refractivity contribution < 1.29 is 64.8 Å². The maximum atomic E-state index is 13.5. The summed E-state index contributed by atoms with van der Waals surface area (Å²) in [7, 11) is 4.13. The quantitative estimate of drug-likeness (QED) is 0.0344. The SMILES string of the molecule is CN(CCCc1ccc(OC(CCc2cccc(C(=O)O)c2)C(=O)C(F)(F)F)cc1)CC(c1ccc(Cl)cc1)c1ccc(Cl)cc1.CN(CCCc1ccc(OC(CCc2cccc(C(=O)OC(C)(C)C)c2)C(=O)C(F)(F)F)cc1)CC(c1ccc(Cl)cc1)c1ccc(Cl)cc1. The number of carbonyl (C=O) groups is 4. The number of Topliss-reactive ketones (excluding diaryl/α,β-unsaturated/α-hetero) is 2. The van der Waals surface area contributed by atoms with Gasteiger partial charge in [0, 0.05) is 45.0 Å². The van der Waals surface area contributed by atoms with Crippen LogP contribution in [0.1, 0.15) is 124 Å². The van der Waals surface area contributed by atoms with E-state index in [0.717, 1.165) is 85.2 Å². The van der Waals surface area contributed by atoms with Crippen LogP contribution >= 0.6 is 46.4 Å². The highest BCUT2D eigenvalue weighted by atomic mass is 35.5. The molecule has 2 unspecified atom stereocenters. The first-order valence-corrected chi connectivity index (χ1v) is 32.7. The Kier molecular flexibility index (Phi) is 28.0. The number of ketones is 2. The molecule has 0 aliphatic heterocycles. The number of rotatable bonds is 30. The van der Waals surface area contributed by atoms with Gasteiger partial charge in [-0.05, 0) is 241 Å². The predicted octanol–water partition coefficient (Wildman–Crippen LogP) is 19.1. The summed E-state index contributed by atoms with van der Waals surface area (Å²) in [4.78, 5) is 52.7. The lowest BCUT2D eigenvalue weighted by molar-refractivity contribution is -0.178. The van der Waals surface area contributed by atoms with E-state index in [1.807, 2.05) is 97.1 Å². The number of halogens is 10. The molecule has 0 spiro atoms. The van der Waals surface area contributed by atoms with E-state index in [4.69, 9.17) is 60.6 Å². The minimum absolute atomic E-state index is 0.0156. The predicted molar refractivity (Wildman–Crippen MR) is 367 cm³/mol. The van der Waals surface area contributed by atoms with Crippen LogP contribution in [0.15, 0.2) is 194 Å². The number of likely N-dealkylation sites (N-methyl/N-ethyl adjacent to an activating group) is 2. The molecule has 8 aromatic carbocycles. The normalized spacial score (nSPS) is 12.5. The molecule has 0 amide bonds. The van der Waals surface area contributed by atoms with Crippen LogP contribution in [0.4, 0.5) is 26.3 Å². The van der Waals surface area contributed by atoms with Gasteiger partial charge in [0.1, 0.15) is 17.1 Å². The van der Waals surface area contributed by atoms with Gasteiger partial charge in [0.25, 0.3) is 11.6 Å². The summed E-state index contributed by atoms with van der Waals surface area (Å²) in [5.74, 6) is -5.07. The average Bonchev–Trinajstić information content (AvgIpc) is 0.880. The van der Waals surface area contributed by atoms with Gasteiger partial charge in [-0.3, -0.25) is 9.59 Å². The Balaban J connectivity index is 0.000000272. The van der Waals surface area contributed by atoms with Crippen LogP contribution < -0.4 is 9.47 Å². The van der Waals surface area contributed by atoms with Gasteiger partial charge in [0.05, 0.1) is 11.1 Å². The molecule has 508 valence electrons. The van der Waals surface area contributed by atoms with Crippen LogP contribution in [-0.2, 0) is 40.0 Å². The van der Waals surface area contributed by atoms with Crippen LogP contribution in [0.5, 0.6) is 11.5 Å². The Labute approximate surface area is 577 Å². The van der Waals surface area contributed by atoms with E-state index in [1.165, 1.54) is 18.2 Å². The average molecular weight is 1400 g/mol. The number of ether oxygens (including phenoxy) is 3. The standard InChI is InChI=1S/C40H42Cl2F3NO4.C36H34Cl2F3NO4/c1-39(2,3)50-38(48)31-9-5-7-28(25-31)12-23-36(37(47)40(43,44)45)49-34-21-10-27(11-22-34)8-6-24-46(4)26-35(29-13-17-32(41)18-14-29)30-15-19-33(42)20-16-30;1-42(23-32(26-10-14-29(37)15-11-26)27-12-16-30(38)17-13-27)21-3-5-24-7-18-31(19-8-24)46-33(34(43)36(39,40)41)20-9-25-4-2-6-28(22-25)35(44)45/h5,7,9-11,13-22,25,35-36H,6,8,12,23-24,26H2,1-4H3;2,4,6-8,10-19,22,32-33H,3,5,9,20-21,23H2,1H3,(H,44,45). The van der Waals surface area contributed by atoms with E-state index in [9.17, 15) is 50.6 Å². The Morgan fingerprint density at radius 3 is 1.07 bits per heavy atom. The van der Waals surface area contributed by atoms with Crippen LogP contribution in [0.3, 0.4) is 0 Å². The van der Waals surface area contributed by atoms with Crippen molar-refractivity contribution >= 4 is 69.9 Å². The molecule has 0 saturated carbocycles. The molecule has 0 fully saturated rings. The topological polar surface area (TPSA) is 123 Å². The number of carboxylic acid groups (broad SMARTS) is 1. The lowest BCUT2D eigenvalue weighted by atomic mass is 9.91. The Hall–Kier alpha value is -7.70. The van der Waals surface area contributed by atoms with Gasteiger partial charge in [0.15, 0.2) is 12.2 Å². The second-order valence-corrected chi connectivity index (χ2v) is 26.3. The van der Waals surface area contributed by atoms with Gasteiger partial charge in [-0.25, -0.2) is 9.59 Å². The minimum Gasteiger partial charge on any atom is -0.482 e. The summed E-state index contributed by atoms with van der Waals surface area (Å²) in [5.41, 5.74) is 7.25. The zero-order chi connectivity index (χ0) is 69.7. The molecule has 20 heteroatoms. The van der Waals surface area contributed by atoms with Crippen molar-refractivity contribution in [3.05, 3.63) is 270 Å². The van der Waals surface area contributed by atoms with Gasteiger partial charge in [-0.1, -0.05) is 143 Å². The summed E-state index contributed by atoms with van der Waals surface area (Å²) in [6, 6.07) is 57.2. The smallest absolute Gasteiger partial charge is 0.453 e. The number of carboxylic acids is 1. The highest BCUT2D eigenvalue weighted by molar-refractivity contribution is 6.31. The van der Waals surface area contributed by atoms with E-state index in [-0.39, 0.29) is 60.1 Å². The molecule has 0 aliphatic carbocycles. The fourth-order valence-corrected chi connectivity index (χ4v) is 11.3. The molecule has 8 rings (SSSR count). The molecule has 0 aromatic heterocycles. The number of benzene rings is 8. The van der Waals surface area contributed by atoms with Crippen molar-refractivity contribution in [2.75, 3.05) is 40.3 Å². The Morgan fingerprint density at radius 1 is 0.438 bits per heavy atom. The molecule has 8 aromatic rings. The van der Waals surface area contributed by atoms with Crippen molar-refractivity contribution in [2.24, 2.45) is 0 Å². The molecule has 0 saturated heterocycles. The van der Waals surface area contributed by atoms with Gasteiger partial charge in [-0.2, -0.15) is 26.3 Å². The Bertz CT molecular complexity index is 3700. The summed E-state index contributed by atoms with van der Waals surface area (Å²) >= 11 is 24.5. The monoisotopic (exact) mass is 1400 g/mol. The van der Waals surface area contributed by atoms with Crippen LogP contribution in [0.2, 0.25) is 20.1 Å². The molecule has 2 atom stereocenters. The van der Waals surface area contributed by atoms with Crippen molar-refractivity contribution in [3.8, 4) is 11.5 Å². The number of alkyl halides is 6. The van der Waals surface area contributed by atoms with Crippen molar-refractivity contribution in [3.63, 3.8) is 0 Å². The van der Waals surface area contributed by atoms with Gasteiger partial charge in [-0.15, -0.1) is 0 Å². The van der Waals surface area contributed by atoms with E-state index < -0.39 is 53.7 Å². The first kappa shape index (κ1) is 75.7. The fourth-order valence-electron chi connectivity index (χ4n) is 10.8. The number of aromatic carboxylic acids is 1. The van der Waals surface area contributed by atoms with Gasteiger partial charge in [0.2, 0.25) is 0 Å². The number of hydrogen-bond acceptors (Lipinski definition) is 9. The number of carbonyl (C=O) groups excluding carboxylic acids is 3. The molecule has 0 heterocycles. The minimum atomic E-state index is -5.07.